The van der Waals surface area contributed by atoms with Gasteiger partial charge in [-0.1, -0.05) is 30.4 Å². The standard InChI is InChI=1S/C11H14OSi/c1-12-13(2,3)11-7-6-9-4-5-10(9)8-11/h4-8H,1-3H3. The van der Waals surface area contributed by atoms with E-state index in [2.05, 4.69) is 43.4 Å². The summed E-state index contributed by atoms with van der Waals surface area (Å²) in [6.07, 6.45) is 4.29. The Morgan fingerprint density at radius 1 is 1.08 bits per heavy atom. The smallest absolute Gasteiger partial charge is 0.217 e. The molecule has 1 aromatic carbocycles. The Hall–Kier alpha value is -0.863. The molecule has 0 aliphatic heterocycles. The minimum absolute atomic E-state index is 1.35. The van der Waals surface area contributed by atoms with Gasteiger partial charge in [-0.05, 0) is 29.4 Å². The van der Waals surface area contributed by atoms with Crippen molar-refractivity contribution in [1.82, 2.24) is 0 Å². The summed E-state index contributed by atoms with van der Waals surface area (Å²) in [5, 5.41) is 1.37. The van der Waals surface area contributed by atoms with Crippen LogP contribution in [0.25, 0.3) is 12.2 Å². The topological polar surface area (TPSA) is 9.23 Å². The van der Waals surface area contributed by atoms with E-state index in [1.807, 2.05) is 0 Å². The molecule has 13 heavy (non-hydrogen) atoms. The van der Waals surface area contributed by atoms with Gasteiger partial charge in [-0.25, -0.2) is 0 Å². The van der Waals surface area contributed by atoms with E-state index in [0.29, 0.717) is 0 Å². The van der Waals surface area contributed by atoms with Crippen molar-refractivity contribution in [1.29, 1.82) is 0 Å². The molecule has 0 atom stereocenters. The summed E-state index contributed by atoms with van der Waals surface area (Å²) in [5.74, 6) is 0. The van der Waals surface area contributed by atoms with Crippen LogP contribution in [0.3, 0.4) is 0 Å². The molecule has 2 heteroatoms. The molecule has 0 amide bonds. The quantitative estimate of drug-likeness (QED) is 0.660. The third-order valence-electron chi connectivity index (χ3n) is 2.73. The molecule has 1 nitrogen and oxygen atoms in total. The summed E-state index contributed by atoms with van der Waals surface area (Å²) in [6.45, 7) is 4.44. The number of hydrogen-bond acceptors (Lipinski definition) is 1. The highest BCUT2D eigenvalue weighted by Crippen LogP contribution is 2.22. The van der Waals surface area contributed by atoms with Gasteiger partial charge in [0.05, 0.1) is 0 Å². The zero-order valence-corrected chi connectivity index (χ0v) is 9.29. The summed E-state index contributed by atoms with van der Waals surface area (Å²) >= 11 is 0. The van der Waals surface area contributed by atoms with E-state index in [1.165, 1.54) is 16.3 Å². The van der Waals surface area contributed by atoms with Crippen LogP contribution in [0.4, 0.5) is 0 Å². The molecule has 1 aliphatic carbocycles. The van der Waals surface area contributed by atoms with Crippen LogP contribution >= 0.6 is 0 Å². The van der Waals surface area contributed by atoms with Gasteiger partial charge in [0, 0.05) is 7.11 Å². The lowest BCUT2D eigenvalue weighted by Gasteiger charge is -2.22. The molecule has 0 unspecified atom stereocenters. The molecule has 0 fully saturated rings. The predicted octanol–water partition coefficient (Wildman–Crippen LogP) is 2.23. The minimum Gasteiger partial charge on any atom is -0.416 e. The van der Waals surface area contributed by atoms with Gasteiger partial charge in [0.15, 0.2) is 0 Å². The molecule has 0 N–H and O–H groups in total. The van der Waals surface area contributed by atoms with Crippen molar-refractivity contribution in [3.8, 4) is 0 Å². The number of rotatable bonds is 2. The van der Waals surface area contributed by atoms with E-state index in [9.17, 15) is 0 Å². The molecule has 1 aliphatic rings. The monoisotopic (exact) mass is 190 g/mol. The van der Waals surface area contributed by atoms with Crippen LogP contribution in [0.1, 0.15) is 11.1 Å². The molecule has 0 saturated heterocycles. The van der Waals surface area contributed by atoms with E-state index in [-0.39, 0.29) is 0 Å². The van der Waals surface area contributed by atoms with Crippen LogP contribution in [0.15, 0.2) is 18.2 Å². The second-order valence-electron chi connectivity index (χ2n) is 3.89. The molecular formula is C11H14OSi. The minimum atomic E-state index is -1.61. The lowest BCUT2D eigenvalue weighted by Crippen LogP contribution is -2.43. The predicted molar refractivity (Wildman–Crippen MR) is 59.5 cm³/mol. The first-order valence-corrected chi connectivity index (χ1v) is 7.42. The molecule has 0 spiro atoms. The first kappa shape index (κ1) is 8.72. The molecule has 0 bridgehead atoms. The van der Waals surface area contributed by atoms with Gasteiger partial charge in [0.25, 0.3) is 0 Å². The Bertz CT molecular complexity index is 366. The third-order valence-corrected chi connectivity index (χ3v) is 5.46. The van der Waals surface area contributed by atoms with Crippen molar-refractivity contribution in [2.45, 2.75) is 13.1 Å². The first-order chi connectivity index (χ1) is 6.13. The highest BCUT2D eigenvalue weighted by Gasteiger charge is 2.24. The van der Waals surface area contributed by atoms with Crippen LogP contribution in [0.2, 0.25) is 13.1 Å². The van der Waals surface area contributed by atoms with Gasteiger partial charge in [-0.2, -0.15) is 0 Å². The Morgan fingerprint density at radius 3 is 2.23 bits per heavy atom. The Balaban J connectivity index is 2.39. The van der Waals surface area contributed by atoms with Crippen LogP contribution < -0.4 is 5.19 Å². The summed E-state index contributed by atoms with van der Waals surface area (Å²) in [5.41, 5.74) is 2.71. The Kier molecular flexibility index (Phi) is 1.89. The van der Waals surface area contributed by atoms with Gasteiger partial charge in [-0.15, -0.1) is 0 Å². The lowest BCUT2D eigenvalue weighted by atomic mass is 9.98. The van der Waals surface area contributed by atoms with Gasteiger partial charge in [-0.3, -0.25) is 0 Å². The van der Waals surface area contributed by atoms with Crippen molar-refractivity contribution in [2.75, 3.05) is 7.11 Å². The van der Waals surface area contributed by atoms with Gasteiger partial charge < -0.3 is 4.43 Å². The Morgan fingerprint density at radius 2 is 1.77 bits per heavy atom. The van der Waals surface area contributed by atoms with Crippen LogP contribution in [-0.2, 0) is 4.43 Å². The molecular weight excluding hydrogens is 176 g/mol. The van der Waals surface area contributed by atoms with Crippen molar-refractivity contribution >= 4 is 25.7 Å². The number of fused-ring (bicyclic) bond motifs is 1. The van der Waals surface area contributed by atoms with E-state index >= 15 is 0 Å². The normalized spacial score (nSPS) is 13.8. The molecule has 2 rings (SSSR count). The fourth-order valence-electron chi connectivity index (χ4n) is 1.45. The average Bonchev–Trinajstić information content (AvgIpc) is 2.07. The van der Waals surface area contributed by atoms with Gasteiger partial charge >= 0.3 is 0 Å². The van der Waals surface area contributed by atoms with Crippen molar-refractivity contribution in [2.24, 2.45) is 0 Å². The first-order valence-electron chi connectivity index (χ1n) is 4.51. The second-order valence-corrected chi connectivity index (χ2v) is 7.90. The van der Waals surface area contributed by atoms with E-state index in [4.69, 9.17) is 4.43 Å². The fourth-order valence-corrected chi connectivity index (χ4v) is 2.67. The lowest BCUT2D eigenvalue weighted by molar-refractivity contribution is 0.416. The van der Waals surface area contributed by atoms with Crippen LogP contribution in [-0.4, -0.2) is 15.4 Å². The Labute approximate surface area is 80.2 Å². The maximum Gasteiger partial charge on any atom is 0.217 e. The van der Waals surface area contributed by atoms with Crippen LogP contribution in [0.5, 0.6) is 0 Å². The molecule has 0 radical (unpaired) electrons. The van der Waals surface area contributed by atoms with E-state index < -0.39 is 8.32 Å². The summed E-state index contributed by atoms with van der Waals surface area (Å²) in [6, 6.07) is 6.63. The second kappa shape index (κ2) is 2.82. The molecule has 0 aromatic heterocycles. The number of benzene rings is 1. The van der Waals surface area contributed by atoms with Gasteiger partial charge in [0.2, 0.25) is 8.32 Å². The van der Waals surface area contributed by atoms with E-state index in [1.54, 1.807) is 7.11 Å². The van der Waals surface area contributed by atoms with Gasteiger partial charge in [0.1, 0.15) is 0 Å². The molecule has 0 saturated carbocycles. The summed E-state index contributed by atoms with van der Waals surface area (Å²) < 4.78 is 5.56. The molecule has 1 aromatic rings. The molecule has 0 heterocycles. The molecule has 68 valence electrons. The maximum absolute atomic E-state index is 5.56. The van der Waals surface area contributed by atoms with Crippen molar-refractivity contribution < 1.29 is 4.43 Å². The third kappa shape index (κ3) is 1.36. The highest BCUT2D eigenvalue weighted by atomic mass is 28.4. The van der Waals surface area contributed by atoms with E-state index in [0.717, 1.165) is 0 Å². The SMILES string of the molecule is CO[Si](C)(C)c1ccc2c(c1)C=C2. The number of hydrogen-bond donors (Lipinski definition) is 0. The zero-order valence-electron chi connectivity index (χ0n) is 8.29. The summed E-state index contributed by atoms with van der Waals surface area (Å²) in [7, 11) is 0.199. The summed E-state index contributed by atoms with van der Waals surface area (Å²) in [4.78, 5) is 0. The fraction of sp³-hybridized carbons (Fsp3) is 0.273. The average molecular weight is 190 g/mol. The largest absolute Gasteiger partial charge is 0.416 e. The van der Waals surface area contributed by atoms with Crippen LogP contribution in [0, 0.1) is 0 Å². The highest BCUT2D eigenvalue weighted by molar-refractivity contribution is 6.84. The van der Waals surface area contributed by atoms with Crippen molar-refractivity contribution in [3.05, 3.63) is 29.3 Å². The zero-order chi connectivity index (χ0) is 9.47. The van der Waals surface area contributed by atoms with Crippen molar-refractivity contribution in [3.63, 3.8) is 0 Å². The maximum atomic E-state index is 5.56.